The van der Waals surface area contributed by atoms with Gasteiger partial charge in [-0.1, -0.05) is 101 Å². The first-order valence-electron chi connectivity index (χ1n) is 16.0. The highest BCUT2D eigenvalue weighted by molar-refractivity contribution is 5.97. The van der Waals surface area contributed by atoms with E-state index in [-0.39, 0.29) is 5.43 Å². The van der Waals surface area contributed by atoms with Crippen molar-refractivity contribution in [3.8, 4) is 33.8 Å². The van der Waals surface area contributed by atoms with Gasteiger partial charge in [0.25, 0.3) is 0 Å². The van der Waals surface area contributed by atoms with E-state index in [1.54, 1.807) is 14.2 Å². The molecule has 0 N–H and O–H groups in total. The van der Waals surface area contributed by atoms with Crippen molar-refractivity contribution in [1.82, 2.24) is 4.57 Å². The molecule has 5 rings (SSSR count). The number of fused-ring (bicyclic) bond motifs is 2. The summed E-state index contributed by atoms with van der Waals surface area (Å²) < 4.78 is 13.1. The third-order valence-electron chi connectivity index (χ3n) is 8.65. The van der Waals surface area contributed by atoms with Gasteiger partial charge in [-0.25, -0.2) is 0 Å². The number of unbranched alkanes of at least 4 members (excludes halogenated alkanes) is 9. The molecule has 43 heavy (non-hydrogen) atoms. The number of aromatic nitrogens is 1. The molecular formula is C39H45NO3. The van der Waals surface area contributed by atoms with Crippen LogP contribution < -0.4 is 14.9 Å². The van der Waals surface area contributed by atoms with Crippen LogP contribution in [0.2, 0.25) is 0 Å². The largest absolute Gasteiger partial charge is 0.497 e. The summed E-state index contributed by atoms with van der Waals surface area (Å²) in [5.41, 5.74) is 6.28. The van der Waals surface area contributed by atoms with Crippen molar-refractivity contribution in [2.24, 2.45) is 0 Å². The lowest BCUT2D eigenvalue weighted by Gasteiger charge is -2.17. The molecule has 0 fully saturated rings. The average Bonchev–Trinajstić information content (AvgIpc) is 3.06. The molecule has 0 atom stereocenters. The Morgan fingerprint density at radius 1 is 0.512 bits per heavy atom. The van der Waals surface area contributed by atoms with Crippen LogP contribution in [0.3, 0.4) is 0 Å². The van der Waals surface area contributed by atoms with Gasteiger partial charge in [0.05, 0.1) is 25.3 Å². The molecule has 0 aliphatic heterocycles. The summed E-state index contributed by atoms with van der Waals surface area (Å²) in [7, 11) is 3.35. The van der Waals surface area contributed by atoms with Gasteiger partial charge in [0.15, 0.2) is 5.43 Å². The van der Waals surface area contributed by atoms with Gasteiger partial charge in [-0.15, -0.1) is 0 Å². The number of benzene rings is 4. The highest BCUT2D eigenvalue weighted by Crippen LogP contribution is 2.30. The third-order valence-corrected chi connectivity index (χ3v) is 8.65. The summed E-state index contributed by atoms with van der Waals surface area (Å²) >= 11 is 0. The first-order valence-corrected chi connectivity index (χ1v) is 16.0. The molecule has 0 saturated carbocycles. The summed E-state index contributed by atoms with van der Waals surface area (Å²) in [4.78, 5) is 14.1. The minimum Gasteiger partial charge on any atom is -0.497 e. The van der Waals surface area contributed by atoms with Gasteiger partial charge in [-0.05, 0) is 77.2 Å². The van der Waals surface area contributed by atoms with Gasteiger partial charge < -0.3 is 14.0 Å². The van der Waals surface area contributed by atoms with E-state index in [4.69, 9.17) is 9.47 Å². The molecule has 224 valence electrons. The van der Waals surface area contributed by atoms with Crippen LogP contribution >= 0.6 is 0 Å². The Kier molecular flexibility index (Phi) is 10.5. The van der Waals surface area contributed by atoms with Crippen LogP contribution in [-0.2, 0) is 6.54 Å². The zero-order chi connectivity index (χ0) is 30.0. The number of methoxy groups -OCH3 is 2. The molecule has 0 radical (unpaired) electrons. The van der Waals surface area contributed by atoms with Crippen molar-refractivity contribution in [3.63, 3.8) is 0 Å². The molecule has 1 aromatic heterocycles. The number of hydrogen-bond acceptors (Lipinski definition) is 3. The molecule has 0 unspecified atom stereocenters. The Bertz CT molecular complexity index is 1570. The predicted octanol–water partition coefficient (Wildman–Crippen LogP) is 10.4. The van der Waals surface area contributed by atoms with E-state index in [1.807, 2.05) is 48.5 Å². The van der Waals surface area contributed by atoms with Crippen LogP contribution in [-0.4, -0.2) is 18.8 Å². The quantitative estimate of drug-likeness (QED) is 0.0921. The number of hydrogen-bond donors (Lipinski definition) is 0. The zero-order valence-electron chi connectivity index (χ0n) is 26.0. The topological polar surface area (TPSA) is 40.5 Å². The molecular weight excluding hydrogens is 530 g/mol. The van der Waals surface area contributed by atoms with Crippen LogP contribution in [0.15, 0.2) is 89.7 Å². The first kappa shape index (κ1) is 30.4. The Hall–Kier alpha value is -4.05. The van der Waals surface area contributed by atoms with Crippen LogP contribution in [0, 0.1) is 0 Å². The van der Waals surface area contributed by atoms with E-state index in [9.17, 15) is 4.79 Å². The van der Waals surface area contributed by atoms with Gasteiger partial charge in [-0.3, -0.25) is 4.79 Å². The van der Waals surface area contributed by atoms with Crippen LogP contribution in [0.25, 0.3) is 44.1 Å². The Morgan fingerprint density at radius 3 is 1.33 bits per heavy atom. The van der Waals surface area contributed by atoms with E-state index >= 15 is 0 Å². The number of rotatable bonds is 15. The van der Waals surface area contributed by atoms with Gasteiger partial charge in [0, 0.05) is 17.3 Å². The van der Waals surface area contributed by atoms with E-state index in [0.29, 0.717) is 0 Å². The van der Waals surface area contributed by atoms with Gasteiger partial charge >= 0.3 is 0 Å². The summed E-state index contributed by atoms with van der Waals surface area (Å²) in [6.45, 7) is 3.17. The Labute approximate surface area is 256 Å². The van der Waals surface area contributed by atoms with E-state index in [1.165, 1.54) is 57.8 Å². The molecule has 0 spiro atoms. The smallest absolute Gasteiger partial charge is 0.197 e. The number of ether oxygens (including phenoxy) is 2. The predicted molar refractivity (Wildman–Crippen MR) is 182 cm³/mol. The third kappa shape index (κ3) is 7.30. The lowest BCUT2D eigenvalue weighted by atomic mass is 9.99. The lowest BCUT2D eigenvalue weighted by Crippen LogP contribution is -2.12. The molecule has 0 aliphatic carbocycles. The van der Waals surface area contributed by atoms with E-state index in [2.05, 4.69) is 47.9 Å². The van der Waals surface area contributed by atoms with E-state index in [0.717, 1.165) is 68.5 Å². The highest BCUT2D eigenvalue weighted by atomic mass is 16.5. The number of pyridine rings is 1. The summed E-state index contributed by atoms with van der Waals surface area (Å²) in [5.74, 6) is 1.64. The molecule has 4 aromatic carbocycles. The standard InChI is InChI=1S/C39H45NO3/c1-4-5-6-7-8-9-10-11-12-13-26-40-37-24-18-31(29-14-20-33(42-2)21-15-29)27-35(37)39(41)36-28-32(19-25-38(36)40)30-16-22-34(43-3)23-17-30/h14-25,27-28H,4-13,26H2,1-3H3. The maximum atomic E-state index is 14.1. The van der Waals surface area contributed by atoms with Crippen molar-refractivity contribution < 1.29 is 9.47 Å². The zero-order valence-corrected chi connectivity index (χ0v) is 26.0. The summed E-state index contributed by atoms with van der Waals surface area (Å²) in [6.07, 6.45) is 13.0. The minimum absolute atomic E-state index is 0.0787. The van der Waals surface area contributed by atoms with Crippen LogP contribution in [0.1, 0.15) is 71.1 Å². The van der Waals surface area contributed by atoms with Crippen molar-refractivity contribution >= 4 is 21.8 Å². The minimum atomic E-state index is 0.0787. The van der Waals surface area contributed by atoms with Crippen molar-refractivity contribution in [2.45, 2.75) is 77.7 Å². The maximum Gasteiger partial charge on any atom is 0.197 e. The second-order valence-electron chi connectivity index (χ2n) is 11.6. The number of nitrogens with zero attached hydrogens (tertiary/aromatic N) is 1. The fraction of sp³-hybridized carbons (Fsp3) is 0.359. The normalized spacial score (nSPS) is 11.3. The van der Waals surface area contributed by atoms with Crippen LogP contribution in [0.5, 0.6) is 11.5 Å². The lowest BCUT2D eigenvalue weighted by molar-refractivity contribution is 0.415. The highest BCUT2D eigenvalue weighted by Gasteiger charge is 2.14. The van der Waals surface area contributed by atoms with Crippen LogP contribution in [0.4, 0.5) is 0 Å². The first-order chi connectivity index (χ1) is 21.1. The molecule has 4 heteroatoms. The second kappa shape index (κ2) is 14.9. The molecule has 1 heterocycles. The molecule has 0 aliphatic rings. The maximum absolute atomic E-state index is 14.1. The van der Waals surface area contributed by atoms with E-state index < -0.39 is 0 Å². The van der Waals surface area contributed by atoms with Crippen molar-refractivity contribution in [1.29, 1.82) is 0 Å². The van der Waals surface area contributed by atoms with Gasteiger partial charge in [0.1, 0.15) is 11.5 Å². The Morgan fingerprint density at radius 2 is 0.907 bits per heavy atom. The fourth-order valence-electron chi connectivity index (χ4n) is 6.11. The van der Waals surface area contributed by atoms with Gasteiger partial charge in [0.2, 0.25) is 0 Å². The summed E-state index contributed by atoms with van der Waals surface area (Å²) in [5, 5.41) is 1.53. The van der Waals surface area contributed by atoms with Crippen molar-refractivity contribution in [2.75, 3.05) is 14.2 Å². The molecule has 5 aromatic rings. The summed E-state index contributed by atoms with van der Waals surface area (Å²) in [6, 6.07) is 28.7. The van der Waals surface area contributed by atoms with Crippen molar-refractivity contribution in [3.05, 3.63) is 95.2 Å². The van der Waals surface area contributed by atoms with Gasteiger partial charge in [-0.2, -0.15) is 0 Å². The fourth-order valence-corrected chi connectivity index (χ4v) is 6.11. The molecule has 0 saturated heterocycles. The second-order valence-corrected chi connectivity index (χ2v) is 11.6. The monoisotopic (exact) mass is 575 g/mol. The molecule has 0 bridgehead atoms. The molecule has 4 nitrogen and oxygen atoms in total. The Balaban J connectivity index is 1.45. The molecule has 0 amide bonds. The SMILES string of the molecule is CCCCCCCCCCCCn1c2ccc(-c3ccc(OC)cc3)cc2c(=O)c2cc(-c3ccc(OC)cc3)ccc21. The average molecular weight is 576 g/mol. The number of aryl methyl sites for hydroxylation is 1.